The summed E-state index contributed by atoms with van der Waals surface area (Å²) in [6.45, 7) is 8.41. The van der Waals surface area contributed by atoms with Gasteiger partial charge in [-0.15, -0.1) is 0 Å². The molecule has 0 bridgehead atoms. The van der Waals surface area contributed by atoms with Crippen LogP contribution in [0.2, 0.25) is 5.02 Å². The SMILES string of the molecule is Cc1cc(N2C[C@@H](C)N(C)[C@@H](C)C2)ccc1C(=O)Nc1ccc(Cl)c(-c2ncc(-c3ccco3)[nH]2)c1. The zero-order valence-electron chi connectivity index (χ0n) is 20.9. The summed E-state index contributed by atoms with van der Waals surface area (Å²) in [5.74, 6) is 1.12. The minimum absolute atomic E-state index is 0.164. The van der Waals surface area contributed by atoms with Gasteiger partial charge in [0.15, 0.2) is 5.76 Å². The predicted molar refractivity (Wildman–Crippen MR) is 145 cm³/mol. The second kappa shape index (κ2) is 9.84. The third-order valence-corrected chi connectivity index (χ3v) is 7.35. The van der Waals surface area contributed by atoms with Crippen molar-refractivity contribution in [2.75, 3.05) is 30.4 Å². The highest BCUT2D eigenvalue weighted by atomic mass is 35.5. The first-order valence-electron chi connectivity index (χ1n) is 12.1. The molecular weight excluding hydrogens is 474 g/mol. The lowest BCUT2D eigenvalue weighted by Gasteiger charge is -2.43. The maximum atomic E-state index is 13.2. The molecule has 4 aromatic rings. The normalized spacial score (nSPS) is 18.4. The standard InChI is InChI=1S/C28H30ClN5O2/c1-17-12-21(34-15-18(2)33(4)19(3)16-34)8-9-22(17)28(35)31-20-7-10-24(29)23(13-20)27-30-14-25(32-27)26-6-5-11-36-26/h5-14,18-19H,15-16H2,1-4H3,(H,30,32)(H,31,35)/t18-,19+. The van der Waals surface area contributed by atoms with E-state index in [0.717, 1.165) is 30.0 Å². The highest BCUT2D eigenvalue weighted by Crippen LogP contribution is 2.31. The van der Waals surface area contributed by atoms with E-state index in [1.165, 1.54) is 0 Å². The summed E-state index contributed by atoms with van der Waals surface area (Å²) in [4.78, 5) is 25.6. The molecule has 1 aliphatic rings. The van der Waals surface area contributed by atoms with E-state index in [4.69, 9.17) is 16.0 Å². The average Bonchev–Trinajstić information content (AvgIpc) is 3.55. The molecule has 0 unspecified atom stereocenters. The van der Waals surface area contributed by atoms with Crippen LogP contribution >= 0.6 is 11.6 Å². The Labute approximate surface area is 216 Å². The molecule has 1 fully saturated rings. The summed E-state index contributed by atoms with van der Waals surface area (Å²) in [7, 11) is 2.18. The van der Waals surface area contributed by atoms with E-state index in [-0.39, 0.29) is 5.91 Å². The number of hydrogen-bond donors (Lipinski definition) is 2. The summed E-state index contributed by atoms with van der Waals surface area (Å²) >= 11 is 6.46. The van der Waals surface area contributed by atoms with E-state index < -0.39 is 0 Å². The molecule has 186 valence electrons. The number of aryl methyl sites for hydroxylation is 1. The number of aromatic nitrogens is 2. The van der Waals surface area contributed by atoms with Crippen molar-refractivity contribution in [1.29, 1.82) is 0 Å². The highest BCUT2D eigenvalue weighted by molar-refractivity contribution is 6.33. The number of piperazine rings is 1. The molecule has 3 heterocycles. The lowest BCUT2D eigenvalue weighted by atomic mass is 10.0. The fourth-order valence-corrected chi connectivity index (χ4v) is 4.92. The number of furan rings is 1. The summed E-state index contributed by atoms with van der Waals surface area (Å²) in [5.41, 5.74) is 4.81. The van der Waals surface area contributed by atoms with Crippen molar-refractivity contribution in [3.63, 3.8) is 0 Å². The Kier molecular flexibility index (Phi) is 6.60. The van der Waals surface area contributed by atoms with Crippen LogP contribution in [0.3, 0.4) is 0 Å². The predicted octanol–water partition coefficient (Wildman–Crippen LogP) is 6.08. The molecule has 8 heteroatoms. The minimum Gasteiger partial charge on any atom is -0.463 e. The van der Waals surface area contributed by atoms with E-state index in [0.29, 0.717) is 45.5 Å². The Bertz CT molecular complexity index is 1370. The molecule has 1 saturated heterocycles. The van der Waals surface area contributed by atoms with Crippen LogP contribution in [-0.4, -0.2) is 53.0 Å². The number of likely N-dealkylation sites (N-methyl/N-ethyl adjacent to an activating group) is 1. The number of nitrogens with zero attached hydrogens (tertiary/aromatic N) is 3. The molecule has 2 atom stereocenters. The van der Waals surface area contributed by atoms with Gasteiger partial charge in [-0.25, -0.2) is 4.98 Å². The zero-order valence-corrected chi connectivity index (χ0v) is 21.6. The van der Waals surface area contributed by atoms with Gasteiger partial charge in [-0.05, 0) is 81.9 Å². The number of benzene rings is 2. The summed E-state index contributed by atoms with van der Waals surface area (Å²) in [5, 5.41) is 3.54. The Morgan fingerprint density at radius 1 is 1.14 bits per heavy atom. The van der Waals surface area contributed by atoms with E-state index in [9.17, 15) is 4.79 Å². The Hall–Kier alpha value is -3.55. The number of anilines is 2. The minimum atomic E-state index is -0.164. The number of H-pyrrole nitrogens is 1. The highest BCUT2D eigenvalue weighted by Gasteiger charge is 2.27. The molecule has 1 aliphatic heterocycles. The van der Waals surface area contributed by atoms with Gasteiger partial charge in [0.1, 0.15) is 11.5 Å². The van der Waals surface area contributed by atoms with E-state index in [1.807, 2.05) is 37.3 Å². The van der Waals surface area contributed by atoms with E-state index in [1.54, 1.807) is 24.6 Å². The van der Waals surface area contributed by atoms with E-state index in [2.05, 4.69) is 52.0 Å². The third kappa shape index (κ3) is 4.76. The van der Waals surface area contributed by atoms with Crippen LogP contribution in [-0.2, 0) is 0 Å². The average molecular weight is 504 g/mol. The first-order chi connectivity index (χ1) is 17.3. The second-order valence-corrected chi connectivity index (χ2v) is 9.95. The molecule has 1 amide bonds. The van der Waals surface area contributed by atoms with Crippen LogP contribution in [0, 0.1) is 6.92 Å². The summed E-state index contributed by atoms with van der Waals surface area (Å²) in [6.07, 6.45) is 3.31. The maximum Gasteiger partial charge on any atom is 0.255 e. The summed E-state index contributed by atoms with van der Waals surface area (Å²) in [6, 6.07) is 16.0. The van der Waals surface area contributed by atoms with Crippen LogP contribution < -0.4 is 10.2 Å². The number of hydrogen-bond acceptors (Lipinski definition) is 5. The molecule has 2 aromatic heterocycles. The topological polar surface area (TPSA) is 77.4 Å². The molecule has 0 spiro atoms. The molecule has 2 aromatic carbocycles. The van der Waals surface area contributed by atoms with Gasteiger partial charge >= 0.3 is 0 Å². The first kappa shape index (κ1) is 24.2. The number of halogens is 1. The first-order valence-corrected chi connectivity index (χ1v) is 12.5. The van der Waals surface area contributed by atoms with Crippen molar-refractivity contribution in [3.8, 4) is 22.8 Å². The number of carbonyl (C=O) groups excluding carboxylic acids is 1. The van der Waals surface area contributed by atoms with Gasteiger partial charge in [0.05, 0.1) is 17.5 Å². The molecule has 7 nitrogen and oxygen atoms in total. The molecular formula is C28H30ClN5O2. The van der Waals surface area contributed by atoms with Gasteiger partial charge in [0.25, 0.3) is 5.91 Å². The van der Waals surface area contributed by atoms with Crippen LogP contribution in [0.1, 0.15) is 29.8 Å². The van der Waals surface area contributed by atoms with Gasteiger partial charge < -0.3 is 19.6 Å². The van der Waals surface area contributed by atoms with Crippen molar-refractivity contribution in [2.45, 2.75) is 32.9 Å². The van der Waals surface area contributed by atoms with Gasteiger partial charge in [0.2, 0.25) is 0 Å². The van der Waals surface area contributed by atoms with Crippen molar-refractivity contribution < 1.29 is 9.21 Å². The molecule has 36 heavy (non-hydrogen) atoms. The van der Waals surface area contributed by atoms with Gasteiger partial charge in [-0.1, -0.05) is 11.6 Å². The number of amides is 1. The number of rotatable bonds is 5. The van der Waals surface area contributed by atoms with Crippen LogP contribution in [0.25, 0.3) is 22.8 Å². The Morgan fingerprint density at radius 3 is 2.61 bits per heavy atom. The molecule has 0 saturated carbocycles. The molecule has 0 aliphatic carbocycles. The number of carbonyl (C=O) groups is 1. The van der Waals surface area contributed by atoms with Crippen molar-refractivity contribution in [1.82, 2.24) is 14.9 Å². The van der Waals surface area contributed by atoms with Crippen molar-refractivity contribution >= 4 is 28.9 Å². The number of aromatic amines is 1. The smallest absolute Gasteiger partial charge is 0.255 e. The second-order valence-electron chi connectivity index (χ2n) is 9.54. The number of nitrogens with one attached hydrogen (secondary N) is 2. The summed E-state index contributed by atoms with van der Waals surface area (Å²) < 4.78 is 5.43. The molecule has 2 N–H and O–H groups in total. The lowest BCUT2D eigenvalue weighted by molar-refractivity contribution is 0.102. The Morgan fingerprint density at radius 2 is 1.92 bits per heavy atom. The quantitative estimate of drug-likeness (QED) is 0.345. The van der Waals surface area contributed by atoms with Gasteiger partial charge in [-0.2, -0.15) is 0 Å². The van der Waals surface area contributed by atoms with Crippen LogP contribution in [0.4, 0.5) is 11.4 Å². The van der Waals surface area contributed by atoms with Crippen LogP contribution in [0.5, 0.6) is 0 Å². The van der Waals surface area contributed by atoms with Crippen molar-refractivity contribution in [3.05, 3.63) is 77.1 Å². The number of imidazole rings is 1. The lowest BCUT2D eigenvalue weighted by Crippen LogP contribution is -2.55. The van der Waals surface area contributed by atoms with E-state index >= 15 is 0 Å². The molecule has 0 radical (unpaired) electrons. The maximum absolute atomic E-state index is 13.2. The monoisotopic (exact) mass is 503 g/mol. The van der Waals surface area contributed by atoms with Crippen LogP contribution in [0.15, 0.2) is 65.4 Å². The Balaban J connectivity index is 1.33. The largest absolute Gasteiger partial charge is 0.463 e. The molecule has 5 rings (SSSR count). The van der Waals surface area contributed by atoms with Gasteiger partial charge in [-0.3, -0.25) is 9.69 Å². The zero-order chi connectivity index (χ0) is 25.4. The van der Waals surface area contributed by atoms with Gasteiger partial charge in [0, 0.05) is 47.7 Å². The third-order valence-electron chi connectivity index (χ3n) is 7.02. The fourth-order valence-electron chi connectivity index (χ4n) is 4.71. The van der Waals surface area contributed by atoms with Crippen molar-refractivity contribution in [2.24, 2.45) is 0 Å². The fraction of sp³-hybridized carbons (Fsp3) is 0.286.